The van der Waals surface area contributed by atoms with Crippen molar-refractivity contribution in [2.45, 2.75) is 48.5 Å². The van der Waals surface area contributed by atoms with Crippen LogP contribution in [0, 0.1) is 27.7 Å². The van der Waals surface area contributed by atoms with Crippen LogP contribution in [0.2, 0.25) is 0 Å². The van der Waals surface area contributed by atoms with Gasteiger partial charge in [-0.05, 0) is 56.9 Å². The number of aryl methyl sites for hydroxylation is 4. The van der Waals surface area contributed by atoms with Gasteiger partial charge in [-0.1, -0.05) is 62.4 Å². The third-order valence-electron chi connectivity index (χ3n) is 2.85. The maximum atomic E-state index is 8.81. The molecule has 0 aliphatic heterocycles. The van der Waals surface area contributed by atoms with Crippen LogP contribution in [0.5, 0.6) is 0 Å². The molecule has 0 atom stereocenters. The second-order valence-corrected chi connectivity index (χ2v) is 4.40. The van der Waals surface area contributed by atoms with Crippen molar-refractivity contribution in [1.29, 1.82) is 0 Å². The Labute approximate surface area is 131 Å². The molecule has 2 rings (SSSR count). The second kappa shape index (κ2) is 14.5. The monoisotopic (exact) mass is 286 g/mol. The molecule has 0 saturated carbocycles. The second-order valence-electron chi connectivity index (χ2n) is 4.40. The number of hydrogen-bond acceptors (Lipinski definition) is 1. The summed E-state index contributed by atoms with van der Waals surface area (Å²) in [6.45, 7) is 13.9. The Hall–Kier alpha value is -1.89. The Balaban J connectivity index is 0. The zero-order chi connectivity index (χ0) is 16.7. The number of benzene rings is 2. The number of carbonyl (C=O) groups is 1. The van der Waals surface area contributed by atoms with Gasteiger partial charge in [0.1, 0.15) is 6.29 Å². The van der Waals surface area contributed by atoms with Gasteiger partial charge in [0.25, 0.3) is 0 Å². The van der Waals surface area contributed by atoms with Crippen molar-refractivity contribution in [3.8, 4) is 0 Å². The molecular formula is C20H30O. The van der Waals surface area contributed by atoms with E-state index in [9.17, 15) is 0 Å². The fourth-order valence-electron chi connectivity index (χ4n) is 1.33. The molecule has 116 valence electrons. The molecule has 0 saturated heterocycles. The maximum absolute atomic E-state index is 8.81. The van der Waals surface area contributed by atoms with E-state index < -0.39 is 0 Å². The summed E-state index contributed by atoms with van der Waals surface area (Å²) >= 11 is 0. The number of aldehydes is 1. The van der Waals surface area contributed by atoms with Crippen molar-refractivity contribution in [2.24, 2.45) is 0 Å². The fourth-order valence-corrected chi connectivity index (χ4v) is 1.33. The van der Waals surface area contributed by atoms with E-state index in [0.29, 0.717) is 0 Å². The molecule has 0 aliphatic carbocycles. The van der Waals surface area contributed by atoms with Crippen LogP contribution < -0.4 is 0 Å². The SMILES string of the molecule is CC.CC=O.Cc1ccccc1C.Cc1ccccc1C. The van der Waals surface area contributed by atoms with Crippen LogP contribution >= 0.6 is 0 Å². The smallest absolute Gasteiger partial charge is 0.116 e. The highest BCUT2D eigenvalue weighted by Crippen LogP contribution is 2.03. The van der Waals surface area contributed by atoms with Crippen molar-refractivity contribution in [3.05, 3.63) is 70.8 Å². The first-order chi connectivity index (χ1) is 10.0. The fraction of sp³-hybridized carbons (Fsp3) is 0.350. The summed E-state index contributed by atoms with van der Waals surface area (Å²) < 4.78 is 0. The topological polar surface area (TPSA) is 17.1 Å². The van der Waals surface area contributed by atoms with Gasteiger partial charge in [-0.3, -0.25) is 0 Å². The van der Waals surface area contributed by atoms with Gasteiger partial charge < -0.3 is 4.79 Å². The van der Waals surface area contributed by atoms with E-state index in [1.54, 1.807) is 0 Å². The molecule has 0 N–H and O–H groups in total. The van der Waals surface area contributed by atoms with Gasteiger partial charge >= 0.3 is 0 Å². The third-order valence-corrected chi connectivity index (χ3v) is 2.85. The highest BCUT2D eigenvalue weighted by Gasteiger charge is 1.84. The molecule has 0 unspecified atom stereocenters. The summed E-state index contributed by atoms with van der Waals surface area (Å²) in [5.41, 5.74) is 5.47. The van der Waals surface area contributed by atoms with Crippen molar-refractivity contribution < 1.29 is 4.79 Å². The van der Waals surface area contributed by atoms with Gasteiger partial charge in [0, 0.05) is 0 Å². The first-order valence-electron chi connectivity index (χ1n) is 7.47. The summed E-state index contributed by atoms with van der Waals surface area (Å²) in [5, 5.41) is 0. The van der Waals surface area contributed by atoms with Crippen LogP contribution in [0.1, 0.15) is 43.0 Å². The molecule has 1 heteroatoms. The van der Waals surface area contributed by atoms with Crippen LogP contribution in [-0.4, -0.2) is 6.29 Å². The zero-order valence-electron chi connectivity index (χ0n) is 14.6. The van der Waals surface area contributed by atoms with E-state index in [-0.39, 0.29) is 0 Å². The lowest BCUT2D eigenvalue weighted by molar-refractivity contribution is -0.106. The average molecular weight is 286 g/mol. The highest BCUT2D eigenvalue weighted by molar-refractivity contribution is 5.44. The Morgan fingerprint density at radius 1 is 0.619 bits per heavy atom. The van der Waals surface area contributed by atoms with E-state index in [1.165, 1.54) is 29.2 Å². The van der Waals surface area contributed by atoms with Gasteiger partial charge in [0.15, 0.2) is 0 Å². The minimum atomic E-state index is 0.750. The van der Waals surface area contributed by atoms with E-state index in [2.05, 4.69) is 76.2 Å². The van der Waals surface area contributed by atoms with Gasteiger partial charge in [-0.15, -0.1) is 0 Å². The first-order valence-corrected chi connectivity index (χ1v) is 7.47. The minimum Gasteiger partial charge on any atom is -0.304 e. The molecule has 0 bridgehead atoms. The molecule has 0 amide bonds. The Morgan fingerprint density at radius 2 is 0.762 bits per heavy atom. The number of rotatable bonds is 0. The molecule has 1 nitrogen and oxygen atoms in total. The van der Waals surface area contributed by atoms with E-state index in [0.717, 1.165) is 6.29 Å². The van der Waals surface area contributed by atoms with Crippen LogP contribution in [0.25, 0.3) is 0 Å². The van der Waals surface area contributed by atoms with Crippen molar-refractivity contribution in [3.63, 3.8) is 0 Å². The summed E-state index contributed by atoms with van der Waals surface area (Å²) in [5.74, 6) is 0. The van der Waals surface area contributed by atoms with Crippen LogP contribution in [0.4, 0.5) is 0 Å². The number of carbonyl (C=O) groups excluding carboxylic acids is 1. The third kappa shape index (κ3) is 11.6. The van der Waals surface area contributed by atoms with E-state index in [1.807, 2.05) is 13.8 Å². The quantitative estimate of drug-likeness (QED) is 0.556. The highest BCUT2D eigenvalue weighted by atomic mass is 16.1. The standard InChI is InChI=1S/2C8H10.C2H4O.C2H6/c2*1-7-5-3-4-6-8(7)2;1-2-3;1-2/h2*3-6H,1-2H3;2H,1H3;1-2H3. The normalized spacial score (nSPS) is 7.95. The summed E-state index contributed by atoms with van der Waals surface area (Å²) in [4.78, 5) is 8.81. The van der Waals surface area contributed by atoms with Crippen molar-refractivity contribution in [2.75, 3.05) is 0 Å². The molecule has 0 aromatic heterocycles. The Morgan fingerprint density at radius 3 is 0.857 bits per heavy atom. The van der Waals surface area contributed by atoms with Gasteiger partial charge in [0.2, 0.25) is 0 Å². The minimum absolute atomic E-state index is 0.750. The zero-order valence-corrected chi connectivity index (χ0v) is 14.6. The van der Waals surface area contributed by atoms with Crippen molar-refractivity contribution >= 4 is 6.29 Å². The Bertz CT molecular complexity index is 401. The largest absolute Gasteiger partial charge is 0.304 e. The molecule has 0 aliphatic rings. The molecule has 0 radical (unpaired) electrons. The van der Waals surface area contributed by atoms with Crippen LogP contribution in [0.3, 0.4) is 0 Å². The lowest BCUT2D eigenvalue weighted by Gasteiger charge is -1.93. The number of hydrogen-bond donors (Lipinski definition) is 0. The lowest BCUT2D eigenvalue weighted by atomic mass is 10.1. The molecule has 2 aromatic rings. The van der Waals surface area contributed by atoms with Gasteiger partial charge in [0.05, 0.1) is 0 Å². The summed E-state index contributed by atoms with van der Waals surface area (Å²) in [6.07, 6.45) is 0.750. The molecule has 0 spiro atoms. The molecule has 0 heterocycles. The molecule has 0 fully saturated rings. The Kier molecular flexibility index (Phi) is 14.8. The first kappa shape index (κ1) is 21.4. The predicted molar refractivity (Wildman–Crippen MR) is 94.9 cm³/mol. The van der Waals surface area contributed by atoms with Crippen molar-refractivity contribution in [1.82, 2.24) is 0 Å². The summed E-state index contributed by atoms with van der Waals surface area (Å²) in [7, 11) is 0. The van der Waals surface area contributed by atoms with Crippen LogP contribution in [-0.2, 0) is 4.79 Å². The molecular weight excluding hydrogens is 256 g/mol. The lowest BCUT2D eigenvalue weighted by Crippen LogP contribution is -1.74. The summed E-state index contributed by atoms with van der Waals surface area (Å²) in [6, 6.07) is 16.7. The molecule has 21 heavy (non-hydrogen) atoms. The van der Waals surface area contributed by atoms with E-state index >= 15 is 0 Å². The van der Waals surface area contributed by atoms with Gasteiger partial charge in [-0.2, -0.15) is 0 Å². The predicted octanol–water partition coefficient (Wildman–Crippen LogP) is 5.84. The average Bonchev–Trinajstić information content (AvgIpc) is 2.49. The molecule has 2 aromatic carbocycles. The maximum Gasteiger partial charge on any atom is 0.116 e. The van der Waals surface area contributed by atoms with E-state index in [4.69, 9.17) is 4.79 Å². The van der Waals surface area contributed by atoms with Gasteiger partial charge in [-0.25, -0.2) is 0 Å². The van der Waals surface area contributed by atoms with Crippen LogP contribution in [0.15, 0.2) is 48.5 Å².